The Kier molecular flexibility index (Phi) is 5.68. The van der Waals surface area contributed by atoms with Gasteiger partial charge in [0.25, 0.3) is 0 Å². The van der Waals surface area contributed by atoms with Crippen LogP contribution in [0, 0.1) is 5.92 Å². The molecule has 0 spiro atoms. The molecule has 2 heteroatoms. The van der Waals surface area contributed by atoms with E-state index < -0.39 is 0 Å². The molecule has 0 N–H and O–H groups in total. The van der Waals surface area contributed by atoms with E-state index in [1.54, 1.807) is 0 Å². The van der Waals surface area contributed by atoms with Crippen LogP contribution in [0.25, 0.3) is 0 Å². The van der Waals surface area contributed by atoms with Crippen molar-refractivity contribution in [3.05, 3.63) is 35.4 Å². The van der Waals surface area contributed by atoms with E-state index in [4.69, 9.17) is 4.74 Å². The molecule has 1 fully saturated rings. The normalized spacial score (nSPS) is 25.2. The lowest BCUT2D eigenvalue weighted by Gasteiger charge is -2.36. The molecule has 0 amide bonds. The van der Waals surface area contributed by atoms with E-state index in [9.17, 15) is 0 Å². The molecule has 22 heavy (non-hydrogen) atoms. The Morgan fingerprint density at radius 3 is 2.32 bits per heavy atom. The quantitative estimate of drug-likeness (QED) is 0.823. The maximum absolute atomic E-state index is 5.84. The van der Waals surface area contributed by atoms with Gasteiger partial charge in [-0.1, -0.05) is 52.0 Å². The smallest absolute Gasteiger partial charge is 0.0678 e. The topological polar surface area (TPSA) is 12.5 Å². The van der Waals surface area contributed by atoms with Gasteiger partial charge in [0, 0.05) is 19.6 Å². The highest BCUT2D eigenvalue weighted by atomic mass is 16.5. The fourth-order valence-electron chi connectivity index (χ4n) is 3.74. The van der Waals surface area contributed by atoms with E-state index in [0.29, 0.717) is 18.1 Å². The fraction of sp³-hybridized carbons (Fsp3) is 0.700. The summed E-state index contributed by atoms with van der Waals surface area (Å²) in [6, 6.07) is 8.94. The van der Waals surface area contributed by atoms with Gasteiger partial charge in [-0.3, -0.25) is 4.90 Å². The van der Waals surface area contributed by atoms with Gasteiger partial charge in [0.2, 0.25) is 0 Å². The van der Waals surface area contributed by atoms with Crippen molar-refractivity contribution in [2.24, 2.45) is 5.92 Å². The third kappa shape index (κ3) is 4.82. The molecular formula is C20H33NO. The van der Waals surface area contributed by atoms with Crippen molar-refractivity contribution in [2.45, 2.75) is 65.6 Å². The van der Waals surface area contributed by atoms with Crippen molar-refractivity contribution < 1.29 is 4.74 Å². The highest BCUT2D eigenvalue weighted by Crippen LogP contribution is 2.27. The zero-order valence-electron chi connectivity index (χ0n) is 15.2. The lowest BCUT2D eigenvalue weighted by atomic mass is 9.81. The van der Waals surface area contributed by atoms with Gasteiger partial charge in [0.05, 0.1) is 12.2 Å². The van der Waals surface area contributed by atoms with Crippen molar-refractivity contribution >= 4 is 0 Å². The maximum atomic E-state index is 5.84. The molecule has 2 nitrogen and oxygen atoms in total. The summed E-state index contributed by atoms with van der Waals surface area (Å²) in [4.78, 5) is 2.57. The Morgan fingerprint density at radius 2 is 1.73 bits per heavy atom. The Bertz CT molecular complexity index is 467. The second-order valence-electron chi connectivity index (χ2n) is 8.19. The van der Waals surface area contributed by atoms with Crippen LogP contribution >= 0.6 is 0 Å². The number of rotatable bonds is 4. The molecular weight excluding hydrogens is 270 g/mol. The number of benzene rings is 1. The van der Waals surface area contributed by atoms with Crippen molar-refractivity contribution in [3.63, 3.8) is 0 Å². The molecule has 0 saturated carbocycles. The Labute approximate surface area is 136 Å². The SMILES string of the molecule is CC(Cc1ccccc1C(C)(C)C)CN1C[C@@H](C)O[C@@H](C)C1. The molecule has 1 unspecified atom stereocenters. The number of ether oxygens (including phenoxy) is 1. The Morgan fingerprint density at radius 1 is 1.14 bits per heavy atom. The van der Waals surface area contributed by atoms with Gasteiger partial charge in [0.15, 0.2) is 0 Å². The summed E-state index contributed by atoms with van der Waals surface area (Å²) < 4.78 is 5.84. The van der Waals surface area contributed by atoms with Crippen LogP contribution in [0.4, 0.5) is 0 Å². The molecule has 0 aromatic heterocycles. The van der Waals surface area contributed by atoms with Gasteiger partial charge in [-0.15, -0.1) is 0 Å². The highest BCUT2D eigenvalue weighted by Gasteiger charge is 2.24. The summed E-state index contributed by atoms with van der Waals surface area (Å²) in [6.45, 7) is 17.0. The fourth-order valence-corrected chi connectivity index (χ4v) is 3.74. The predicted molar refractivity (Wildman–Crippen MR) is 94.5 cm³/mol. The molecule has 1 aliphatic rings. The average molecular weight is 303 g/mol. The van der Waals surface area contributed by atoms with Crippen LogP contribution in [0.3, 0.4) is 0 Å². The van der Waals surface area contributed by atoms with Gasteiger partial charge in [-0.2, -0.15) is 0 Å². The van der Waals surface area contributed by atoms with E-state index in [1.807, 2.05) is 0 Å². The molecule has 0 radical (unpaired) electrons. The monoisotopic (exact) mass is 303 g/mol. The molecule has 0 aliphatic carbocycles. The van der Waals surface area contributed by atoms with E-state index in [1.165, 1.54) is 11.1 Å². The standard InChI is InChI=1S/C20H33NO/c1-15(12-21-13-16(2)22-17(3)14-21)11-18-9-7-8-10-19(18)20(4,5)6/h7-10,15-17H,11-14H2,1-6H3/t15?,16-,17+. The summed E-state index contributed by atoms with van der Waals surface area (Å²) in [7, 11) is 0. The first-order valence-electron chi connectivity index (χ1n) is 8.72. The minimum atomic E-state index is 0.221. The van der Waals surface area contributed by atoms with E-state index >= 15 is 0 Å². The maximum Gasteiger partial charge on any atom is 0.0678 e. The van der Waals surface area contributed by atoms with Crippen molar-refractivity contribution in [1.82, 2.24) is 4.90 Å². The molecule has 2 rings (SSSR count). The van der Waals surface area contributed by atoms with Gasteiger partial charge < -0.3 is 4.74 Å². The molecule has 3 atom stereocenters. The Hall–Kier alpha value is -0.860. The van der Waals surface area contributed by atoms with Gasteiger partial charge >= 0.3 is 0 Å². The summed E-state index contributed by atoms with van der Waals surface area (Å²) in [5.41, 5.74) is 3.22. The molecule has 1 heterocycles. The second kappa shape index (κ2) is 7.14. The summed E-state index contributed by atoms with van der Waals surface area (Å²) in [5.74, 6) is 0.668. The lowest BCUT2D eigenvalue weighted by molar-refractivity contribution is -0.0709. The minimum absolute atomic E-state index is 0.221. The highest BCUT2D eigenvalue weighted by molar-refractivity contribution is 5.33. The average Bonchev–Trinajstić information content (AvgIpc) is 2.36. The van der Waals surface area contributed by atoms with E-state index in [0.717, 1.165) is 26.1 Å². The van der Waals surface area contributed by atoms with Crippen molar-refractivity contribution in [2.75, 3.05) is 19.6 Å². The first-order valence-corrected chi connectivity index (χ1v) is 8.72. The van der Waals surface area contributed by atoms with Crippen molar-refractivity contribution in [3.8, 4) is 0 Å². The summed E-state index contributed by atoms with van der Waals surface area (Å²) >= 11 is 0. The Balaban J connectivity index is 1.99. The number of morpholine rings is 1. The molecule has 124 valence electrons. The van der Waals surface area contributed by atoms with Crippen LogP contribution in [0.15, 0.2) is 24.3 Å². The second-order valence-corrected chi connectivity index (χ2v) is 8.19. The molecule has 0 bridgehead atoms. The molecule has 1 aromatic carbocycles. The molecule has 1 saturated heterocycles. The van der Waals surface area contributed by atoms with E-state index in [2.05, 4.69) is 70.7 Å². The third-order valence-corrected chi connectivity index (χ3v) is 4.46. The van der Waals surface area contributed by atoms with Gasteiger partial charge in [0.1, 0.15) is 0 Å². The first kappa shape index (κ1) is 17.5. The summed E-state index contributed by atoms with van der Waals surface area (Å²) in [5, 5.41) is 0. The number of hydrogen-bond acceptors (Lipinski definition) is 2. The minimum Gasteiger partial charge on any atom is -0.373 e. The molecule has 1 aromatic rings. The number of hydrogen-bond donors (Lipinski definition) is 0. The van der Waals surface area contributed by atoms with Crippen LogP contribution in [0.1, 0.15) is 52.7 Å². The van der Waals surface area contributed by atoms with Crippen LogP contribution in [0.5, 0.6) is 0 Å². The summed E-state index contributed by atoms with van der Waals surface area (Å²) in [6.07, 6.45) is 1.88. The van der Waals surface area contributed by atoms with Gasteiger partial charge in [-0.25, -0.2) is 0 Å². The first-order chi connectivity index (χ1) is 10.3. The van der Waals surface area contributed by atoms with Crippen LogP contribution in [-0.4, -0.2) is 36.7 Å². The predicted octanol–water partition coefficient (Wildman–Crippen LogP) is 4.27. The van der Waals surface area contributed by atoms with Gasteiger partial charge in [-0.05, 0) is 42.7 Å². The zero-order chi connectivity index (χ0) is 16.3. The number of nitrogens with zero attached hydrogens (tertiary/aromatic N) is 1. The van der Waals surface area contributed by atoms with E-state index in [-0.39, 0.29) is 5.41 Å². The van der Waals surface area contributed by atoms with Crippen LogP contribution < -0.4 is 0 Å². The lowest BCUT2D eigenvalue weighted by Crippen LogP contribution is -2.47. The van der Waals surface area contributed by atoms with Crippen LogP contribution in [0.2, 0.25) is 0 Å². The zero-order valence-corrected chi connectivity index (χ0v) is 15.2. The largest absolute Gasteiger partial charge is 0.373 e. The molecule has 1 aliphatic heterocycles. The van der Waals surface area contributed by atoms with Crippen LogP contribution in [-0.2, 0) is 16.6 Å². The van der Waals surface area contributed by atoms with Crippen molar-refractivity contribution in [1.29, 1.82) is 0 Å². The third-order valence-electron chi connectivity index (χ3n) is 4.46.